The van der Waals surface area contributed by atoms with Gasteiger partial charge < -0.3 is 14.6 Å². The van der Waals surface area contributed by atoms with Crippen molar-refractivity contribution in [2.45, 2.75) is 13.0 Å². The van der Waals surface area contributed by atoms with Crippen LogP contribution in [0.1, 0.15) is 40.1 Å². The zero-order valence-electron chi connectivity index (χ0n) is 19.6. The summed E-state index contributed by atoms with van der Waals surface area (Å²) in [5.41, 5.74) is 2.19. The topological polar surface area (TPSA) is 103 Å². The second-order valence-corrected chi connectivity index (χ2v) is 7.79. The molecule has 8 heteroatoms. The number of hydrogen-bond acceptors (Lipinski definition) is 5. The molecule has 3 aromatic carbocycles. The maximum Gasteiger partial charge on any atom is 0.413 e. The predicted octanol–water partition coefficient (Wildman–Crippen LogP) is 5.62. The van der Waals surface area contributed by atoms with Crippen molar-refractivity contribution in [3.05, 3.63) is 107 Å². The highest BCUT2D eigenvalue weighted by molar-refractivity contribution is 5.91. The third-order valence-electron chi connectivity index (χ3n) is 5.25. The normalized spacial score (nSPS) is 11.1. The molecule has 180 valence electrons. The molecule has 0 aliphatic carbocycles. The van der Waals surface area contributed by atoms with Crippen molar-refractivity contribution in [2.24, 2.45) is 7.05 Å². The molecule has 36 heavy (non-hydrogen) atoms. The van der Waals surface area contributed by atoms with Crippen LogP contribution < -0.4 is 10.1 Å². The third-order valence-corrected chi connectivity index (χ3v) is 5.25. The number of ether oxygens (including phenoxy) is 2. The van der Waals surface area contributed by atoms with Gasteiger partial charge in [-0.15, -0.1) is 0 Å². The molecular formula is C28H23N3O5. The highest BCUT2D eigenvalue weighted by Crippen LogP contribution is 2.25. The fourth-order valence-corrected chi connectivity index (χ4v) is 3.36. The van der Waals surface area contributed by atoms with Crippen LogP contribution in [0.25, 0.3) is 0 Å². The first-order chi connectivity index (χ1) is 17.4. The van der Waals surface area contributed by atoms with Crippen LogP contribution in [0.4, 0.5) is 10.6 Å². The standard InChI is InChI=1S/C28H23N3O5/c1-19(21-8-4-3-5-9-21)35-28(34)30-26-22(18-29-31(26)2)15-12-20-13-16-23(17-14-20)36-25-11-7-6-10-24(25)27(32)33/h3-11,13-14,16-19H,1-2H3,(H,30,34)(H,32,33)/t19-/m1/s1. The Kier molecular flexibility index (Phi) is 7.32. The van der Waals surface area contributed by atoms with Crippen molar-refractivity contribution in [3.8, 4) is 23.3 Å². The Bertz CT molecular complexity index is 1430. The maximum atomic E-state index is 12.5. The zero-order chi connectivity index (χ0) is 25.5. The van der Waals surface area contributed by atoms with Gasteiger partial charge in [-0.05, 0) is 48.9 Å². The van der Waals surface area contributed by atoms with Crippen molar-refractivity contribution in [1.29, 1.82) is 0 Å². The maximum absolute atomic E-state index is 12.5. The van der Waals surface area contributed by atoms with Gasteiger partial charge in [-0.2, -0.15) is 5.10 Å². The number of carboxylic acid groups (broad SMARTS) is 1. The van der Waals surface area contributed by atoms with E-state index in [1.807, 2.05) is 30.3 Å². The fraction of sp³-hybridized carbons (Fsp3) is 0.107. The van der Waals surface area contributed by atoms with Gasteiger partial charge in [-0.25, -0.2) is 9.59 Å². The van der Waals surface area contributed by atoms with E-state index in [-0.39, 0.29) is 11.3 Å². The first kappa shape index (κ1) is 24.1. The molecule has 1 heterocycles. The number of carbonyl (C=O) groups excluding carboxylic acids is 1. The minimum atomic E-state index is -1.06. The van der Waals surface area contributed by atoms with Crippen molar-refractivity contribution in [2.75, 3.05) is 5.32 Å². The molecule has 0 spiro atoms. The molecule has 0 aliphatic rings. The van der Waals surface area contributed by atoms with E-state index in [0.29, 0.717) is 22.7 Å². The van der Waals surface area contributed by atoms with Crippen molar-refractivity contribution in [3.63, 3.8) is 0 Å². The Hall–Kier alpha value is -5.03. The van der Waals surface area contributed by atoms with Crippen molar-refractivity contribution >= 4 is 17.9 Å². The monoisotopic (exact) mass is 481 g/mol. The predicted molar refractivity (Wildman–Crippen MR) is 134 cm³/mol. The Morgan fingerprint density at radius 3 is 2.39 bits per heavy atom. The number of anilines is 1. The number of carboxylic acids is 1. The number of amides is 1. The molecule has 1 amide bonds. The average molecular weight is 482 g/mol. The third kappa shape index (κ3) is 5.90. The number of nitrogens with zero attached hydrogens (tertiary/aromatic N) is 2. The molecule has 8 nitrogen and oxygen atoms in total. The van der Waals surface area contributed by atoms with Crippen LogP contribution in [0.15, 0.2) is 85.1 Å². The highest BCUT2D eigenvalue weighted by Gasteiger charge is 2.15. The molecule has 0 radical (unpaired) electrons. The van der Waals surface area contributed by atoms with Crippen LogP contribution in [-0.2, 0) is 11.8 Å². The Morgan fingerprint density at radius 1 is 0.972 bits per heavy atom. The number of benzene rings is 3. The second-order valence-electron chi connectivity index (χ2n) is 7.79. The molecule has 4 aromatic rings. The first-order valence-electron chi connectivity index (χ1n) is 11.1. The molecule has 2 N–H and O–H groups in total. The minimum absolute atomic E-state index is 0.0784. The van der Waals surface area contributed by atoms with E-state index in [9.17, 15) is 14.7 Å². The summed E-state index contributed by atoms with van der Waals surface area (Å²) in [5.74, 6) is 6.13. The molecule has 4 rings (SSSR count). The largest absolute Gasteiger partial charge is 0.478 e. The SMILES string of the molecule is C[C@@H](OC(=O)Nc1c(C#Cc2ccc(Oc3ccccc3C(=O)O)cc2)cnn1C)c1ccccc1. The van der Waals surface area contributed by atoms with Gasteiger partial charge in [0.05, 0.1) is 11.8 Å². The number of aromatic nitrogens is 2. The van der Waals surface area contributed by atoms with Gasteiger partial charge in [-0.1, -0.05) is 54.3 Å². The number of nitrogens with one attached hydrogen (secondary N) is 1. The van der Waals surface area contributed by atoms with Crippen LogP contribution in [-0.4, -0.2) is 26.9 Å². The van der Waals surface area contributed by atoms with Crippen LogP contribution in [0, 0.1) is 11.8 Å². The van der Waals surface area contributed by atoms with Crippen LogP contribution >= 0.6 is 0 Å². The quantitative estimate of drug-likeness (QED) is 0.347. The first-order valence-corrected chi connectivity index (χ1v) is 11.1. The van der Waals surface area contributed by atoms with Crippen LogP contribution in [0.3, 0.4) is 0 Å². The fourth-order valence-electron chi connectivity index (χ4n) is 3.36. The molecule has 1 atom stereocenters. The summed E-state index contributed by atoms with van der Waals surface area (Å²) in [6.45, 7) is 1.80. The summed E-state index contributed by atoms with van der Waals surface area (Å²) >= 11 is 0. The molecule has 0 unspecified atom stereocenters. The lowest BCUT2D eigenvalue weighted by atomic mass is 10.1. The zero-order valence-corrected chi connectivity index (χ0v) is 19.6. The van der Waals surface area contributed by atoms with Gasteiger partial charge in [0.25, 0.3) is 0 Å². The van der Waals surface area contributed by atoms with Crippen molar-refractivity contribution < 1.29 is 24.2 Å². The number of rotatable bonds is 6. The lowest BCUT2D eigenvalue weighted by Crippen LogP contribution is -2.18. The van der Waals surface area contributed by atoms with Gasteiger partial charge in [0.15, 0.2) is 0 Å². The number of para-hydroxylation sites is 1. The summed E-state index contributed by atoms with van der Waals surface area (Å²) in [6, 6.07) is 22.8. The van der Waals surface area contributed by atoms with Gasteiger partial charge in [0.1, 0.15) is 29.0 Å². The summed E-state index contributed by atoms with van der Waals surface area (Å²) in [5, 5.41) is 16.2. The van der Waals surface area contributed by atoms with E-state index >= 15 is 0 Å². The molecule has 0 aliphatic heterocycles. The van der Waals surface area contributed by atoms with Gasteiger partial charge in [-0.3, -0.25) is 10.00 Å². The summed E-state index contributed by atoms with van der Waals surface area (Å²) in [6.07, 6.45) is 0.530. The van der Waals surface area contributed by atoms with Gasteiger partial charge >= 0.3 is 12.1 Å². The van der Waals surface area contributed by atoms with Crippen LogP contribution in [0.5, 0.6) is 11.5 Å². The Labute approximate surface area is 208 Å². The van der Waals surface area contributed by atoms with E-state index in [1.165, 1.54) is 10.7 Å². The van der Waals surface area contributed by atoms with Gasteiger partial charge in [0.2, 0.25) is 0 Å². The van der Waals surface area contributed by atoms with E-state index in [4.69, 9.17) is 9.47 Å². The van der Waals surface area contributed by atoms with E-state index < -0.39 is 18.2 Å². The molecular weight excluding hydrogens is 458 g/mol. The van der Waals surface area contributed by atoms with Gasteiger partial charge in [0, 0.05) is 12.6 Å². The number of aryl methyl sites for hydroxylation is 1. The molecule has 0 bridgehead atoms. The average Bonchev–Trinajstić information content (AvgIpc) is 3.23. The summed E-state index contributed by atoms with van der Waals surface area (Å²) in [4.78, 5) is 23.8. The molecule has 1 aromatic heterocycles. The lowest BCUT2D eigenvalue weighted by molar-refractivity contribution is 0.0694. The number of carbonyl (C=O) groups is 2. The number of hydrogen-bond donors (Lipinski definition) is 2. The van der Waals surface area contributed by atoms with Crippen molar-refractivity contribution in [1.82, 2.24) is 9.78 Å². The molecule has 0 saturated carbocycles. The summed E-state index contributed by atoms with van der Waals surface area (Å²) < 4.78 is 12.7. The van der Waals surface area contributed by atoms with Crippen LogP contribution in [0.2, 0.25) is 0 Å². The van der Waals surface area contributed by atoms with E-state index in [1.54, 1.807) is 62.6 Å². The molecule has 0 saturated heterocycles. The Balaban J connectivity index is 1.43. The summed E-state index contributed by atoms with van der Waals surface area (Å²) in [7, 11) is 1.70. The minimum Gasteiger partial charge on any atom is -0.478 e. The second kappa shape index (κ2) is 10.9. The van der Waals surface area contributed by atoms with E-state index in [0.717, 1.165) is 5.56 Å². The van der Waals surface area contributed by atoms with E-state index in [2.05, 4.69) is 22.3 Å². The highest BCUT2D eigenvalue weighted by atomic mass is 16.6. The molecule has 0 fully saturated rings. The lowest BCUT2D eigenvalue weighted by Gasteiger charge is -2.14. The Morgan fingerprint density at radius 2 is 1.67 bits per heavy atom. The smallest absolute Gasteiger partial charge is 0.413 e. The number of aromatic carboxylic acids is 1.